The van der Waals surface area contributed by atoms with Crippen molar-refractivity contribution in [2.45, 2.75) is 25.9 Å². The van der Waals surface area contributed by atoms with E-state index in [-0.39, 0.29) is 11.7 Å². The normalized spacial score (nSPS) is 10.8. The van der Waals surface area contributed by atoms with E-state index in [9.17, 15) is 4.79 Å². The summed E-state index contributed by atoms with van der Waals surface area (Å²) in [5.74, 6) is 0.923. The van der Waals surface area contributed by atoms with Crippen LogP contribution in [-0.2, 0) is 4.79 Å². The van der Waals surface area contributed by atoms with Gasteiger partial charge in [-0.25, -0.2) is 0 Å². The van der Waals surface area contributed by atoms with Crippen LogP contribution in [0, 0.1) is 20.8 Å². The number of thioether (sulfide) groups is 1. The number of hydrogen-bond acceptors (Lipinski definition) is 4. The van der Waals surface area contributed by atoms with Crippen molar-refractivity contribution in [3.05, 3.63) is 89.5 Å². The summed E-state index contributed by atoms with van der Waals surface area (Å²) in [4.78, 5) is 12.6. The Labute approximate surface area is 186 Å². The zero-order valence-corrected chi connectivity index (χ0v) is 18.6. The van der Waals surface area contributed by atoms with E-state index in [4.69, 9.17) is 0 Å². The van der Waals surface area contributed by atoms with Gasteiger partial charge in [-0.1, -0.05) is 71.9 Å². The predicted octanol–water partition coefficient (Wildman–Crippen LogP) is 5.59. The van der Waals surface area contributed by atoms with Gasteiger partial charge in [0.1, 0.15) is 0 Å². The third-order valence-electron chi connectivity index (χ3n) is 4.91. The molecular weight excluding hydrogens is 404 g/mol. The maximum atomic E-state index is 12.6. The molecule has 0 fully saturated rings. The summed E-state index contributed by atoms with van der Waals surface area (Å²) < 4.78 is 2.01. The third-order valence-corrected chi connectivity index (χ3v) is 5.84. The zero-order valence-electron chi connectivity index (χ0n) is 17.8. The van der Waals surface area contributed by atoms with Crippen molar-refractivity contribution in [1.82, 2.24) is 14.8 Å². The van der Waals surface area contributed by atoms with Gasteiger partial charge >= 0.3 is 0 Å². The lowest BCUT2D eigenvalue weighted by atomic mass is 10.1. The lowest BCUT2D eigenvalue weighted by Crippen LogP contribution is -2.15. The van der Waals surface area contributed by atoms with Crippen LogP contribution in [-0.4, -0.2) is 26.4 Å². The fourth-order valence-electron chi connectivity index (χ4n) is 3.41. The maximum Gasteiger partial charge on any atom is 0.234 e. The number of hydrogen-bond donors (Lipinski definition) is 1. The van der Waals surface area contributed by atoms with Crippen molar-refractivity contribution < 1.29 is 4.79 Å². The number of amides is 1. The van der Waals surface area contributed by atoms with Crippen LogP contribution < -0.4 is 5.32 Å². The molecule has 0 saturated heterocycles. The maximum absolute atomic E-state index is 12.6. The Hall–Kier alpha value is -3.38. The first kappa shape index (κ1) is 20.9. The fourth-order valence-corrected chi connectivity index (χ4v) is 4.16. The molecule has 1 heterocycles. The van der Waals surface area contributed by atoms with Crippen LogP contribution in [0.2, 0.25) is 0 Å². The second kappa shape index (κ2) is 9.18. The van der Waals surface area contributed by atoms with Crippen LogP contribution in [0.5, 0.6) is 0 Å². The molecule has 0 aliphatic carbocycles. The van der Waals surface area contributed by atoms with E-state index >= 15 is 0 Å². The van der Waals surface area contributed by atoms with Gasteiger partial charge in [0.15, 0.2) is 11.0 Å². The summed E-state index contributed by atoms with van der Waals surface area (Å²) in [6.45, 7) is 6.09. The summed E-state index contributed by atoms with van der Waals surface area (Å²) in [6, 6.07) is 24.2. The molecule has 0 atom stereocenters. The summed E-state index contributed by atoms with van der Waals surface area (Å²) in [6.07, 6.45) is 0. The highest BCUT2D eigenvalue weighted by atomic mass is 32.2. The Kier molecular flexibility index (Phi) is 6.18. The molecule has 1 aromatic heterocycles. The third kappa shape index (κ3) is 4.86. The SMILES string of the molecule is Cc1cccc(-n2c(SCC(=O)Nc3ccc(C)cc3C)nnc2-c2ccccc2)c1. The molecule has 0 aliphatic rings. The molecule has 6 heteroatoms. The molecule has 4 rings (SSSR count). The molecule has 0 bridgehead atoms. The standard InChI is InChI=1S/C25H24N4OS/c1-17-8-7-11-21(15-17)29-24(20-9-5-4-6-10-20)27-28-25(29)31-16-23(30)26-22-13-12-18(2)14-19(22)3/h4-15H,16H2,1-3H3,(H,26,30). The van der Waals surface area contributed by atoms with Crippen molar-refractivity contribution in [2.24, 2.45) is 0 Å². The molecule has 31 heavy (non-hydrogen) atoms. The van der Waals surface area contributed by atoms with Crippen LogP contribution in [0.4, 0.5) is 5.69 Å². The summed E-state index contributed by atoms with van der Waals surface area (Å²) >= 11 is 1.38. The molecule has 0 aliphatic heterocycles. The number of aromatic nitrogens is 3. The number of anilines is 1. The van der Waals surface area contributed by atoms with Crippen LogP contribution in [0.3, 0.4) is 0 Å². The quantitative estimate of drug-likeness (QED) is 0.407. The first-order chi connectivity index (χ1) is 15.0. The van der Waals surface area contributed by atoms with Crippen molar-refractivity contribution in [2.75, 3.05) is 11.1 Å². The summed E-state index contributed by atoms with van der Waals surface area (Å²) in [5.41, 5.74) is 6.15. The van der Waals surface area contributed by atoms with Crippen LogP contribution in [0.15, 0.2) is 78.0 Å². The van der Waals surface area contributed by atoms with E-state index in [1.165, 1.54) is 17.3 Å². The van der Waals surface area contributed by atoms with Gasteiger partial charge in [-0.15, -0.1) is 10.2 Å². The average Bonchev–Trinajstić information content (AvgIpc) is 3.19. The number of nitrogens with one attached hydrogen (secondary N) is 1. The minimum absolute atomic E-state index is 0.0722. The molecule has 5 nitrogen and oxygen atoms in total. The molecule has 0 spiro atoms. The van der Waals surface area contributed by atoms with Gasteiger partial charge in [-0.2, -0.15) is 0 Å². The van der Waals surface area contributed by atoms with Gasteiger partial charge < -0.3 is 5.32 Å². The molecule has 4 aromatic rings. The average molecular weight is 429 g/mol. The monoisotopic (exact) mass is 428 g/mol. The zero-order chi connectivity index (χ0) is 21.8. The molecule has 0 radical (unpaired) electrons. The van der Waals surface area contributed by atoms with Crippen LogP contribution >= 0.6 is 11.8 Å². The Morgan fingerprint density at radius 2 is 1.68 bits per heavy atom. The Morgan fingerprint density at radius 1 is 0.903 bits per heavy atom. The van der Waals surface area contributed by atoms with Gasteiger partial charge in [0.2, 0.25) is 5.91 Å². The van der Waals surface area contributed by atoms with E-state index in [0.29, 0.717) is 5.16 Å². The molecule has 0 unspecified atom stereocenters. The van der Waals surface area contributed by atoms with Gasteiger partial charge in [0.05, 0.1) is 5.75 Å². The fraction of sp³-hybridized carbons (Fsp3) is 0.160. The lowest BCUT2D eigenvalue weighted by molar-refractivity contribution is -0.113. The van der Waals surface area contributed by atoms with E-state index in [0.717, 1.165) is 33.9 Å². The second-order valence-corrected chi connectivity index (χ2v) is 8.44. The Bertz CT molecular complexity index is 1220. The highest BCUT2D eigenvalue weighted by Crippen LogP contribution is 2.28. The number of carbonyl (C=O) groups excluding carboxylic acids is 1. The molecular formula is C25H24N4OS. The van der Waals surface area contributed by atoms with Crippen molar-refractivity contribution in [3.63, 3.8) is 0 Å². The summed E-state index contributed by atoms with van der Waals surface area (Å²) in [7, 11) is 0. The van der Waals surface area contributed by atoms with E-state index in [2.05, 4.69) is 40.6 Å². The lowest BCUT2D eigenvalue weighted by Gasteiger charge is -2.12. The largest absolute Gasteiger partial charge is 0.325 e. The minimum Gasteiger partial charge on any atom is -0.325 e. The van der Waals surface area contributed by atoms with E-state index in [1.54, 1.807) is 0 Å². The van der Waals surface area contributed by atoms with E-state index < -0.39 is 0 Å². The molecule has 0 saturated carbocycles. The minimum atomic E-state index is -0.0722. The van der Waals surface area contributed by atoms with Gasteiger partial charge in [0.25, 0.3) is 0 Å². The highest BCUT2D eigenvalue weighted by Gasteiger charge is 2.17. The van der Waals surface area contributed by atoms with Crippen molar-refractivity contribution in [1.29, 1.82) is 0 Å². The van der Waals surface area contributed by atoms with Crippen molar-refractivity contribution >= 4 is 23.4 Å². The molecule has 3 aromatic carbocycles. The summed E-state index contributed by atoms with van der Waals surface area (Å²) in [5, 5.41) is 12.5. The smallest absolute Gasteiger partial charge is 0.234 e. The number of aryl methyl sites for hydroxylation is 3. The number of rotatable bonds is 6. The Morgan fingerprint density at radius 3 is 2.42 bits per heavy atom. The molecule has 1 N–H and O–H groups in total. The second-order valence-electron chi connectivity index (χ2n) is 7.50. The first-order valence-corrected chi connectivity index (χ1v) is 11.1. The predicted molar refractivity (Wildman–Crippen MR) is 127 cm³/mol. The number of carbonyl (C=O) groups is 1. The van der Waals surface area contributed by atoms with Gasteiger partial charge in [-0.3, -0.25) is 9.36 Å². The number of benzene rings is 3. The molecule has 1 amide bonds. The van der Waals surface area contributed by atoms with E-state index in [1.807, 2.05) is 73.0 Å². The van der Waals surface area contributed by atoms with Crippen LogP contribution in [0.1, 0.15) is 16.7 Å². The first-order valence-electron chi connectivity index (χ1n) is 10.1. The highest BCUT2D eigenvalue weighted by molar-refractivity contribution is 7.99. The van der Waals surface area contributed by atoms with Gasteiger partial charge in [-0.05, 0) is 50.1 Å². The molecule has 156 valence electrons. The Balaban J connectivity index is 1.59. The van der Waals surface area contributed by atoms with Crippen molar-refractivity contribution in [3.8, 4) is 17.1 Å². The topological polar surface area (TPSA) is 59.8 Å². The number of nitrogens with zero attached hydrogens (tertiary/aromatic N) is 3. The van der Waals surface area contributed by atoms with Gasteiger partial charge in [0, 0.05) is 16.9 Å². The van der Waals surface area contributed by atoms with Crippen LogP contribution in [0.25, 0.3) is 17.1 Å².